The molecule has 0 aliphatic heterocycles. The highest BCUT2D eigenvalue weighted by atomic mass is 16.3. The molecule has 0 heterocycles. The van der Waals surface area contributed by atoms with Crippen LogP contribution in [0.15, 0.2) is 11.6 Å². The van der Waals surface area contributed by atoms with E-state index in [9.17, 15) is 5.11 Å². The smallest absolute Gasteiger partial charge is 0.0594 e. The second-order valence-corrected chi connectivity index (χ2v) is 15.1. The number of rotatable bonds is 0. The third-order valence-corrected chi connectivity index (χ3v) is 13.0. The van der Waals surface area contributed by atoms with E-state index in [0.29, 0.717) is 33.0 Å². The molecule has 4 fully saturated rings. The lowest BCUT2D eigenvalue weighted by molar-refractivity contribution is -0.228. The van der Waals surface area contributed by atoms with Crippen molar-refractivity contribution in [2.75, 3.05) is 0 Å². The van der Waals surface area contributed by atoms with E-state index in [1.54, 1.807) is 0 Å². The molecule has 1 N–H and O–H groups in total. The van der Waals surface area contributed by atoms with Gasteiger partial charge in [-0.3, -0.25) is 0 Å². The van der Waals surface area contributed by atoms with Gasteiger partial charge in [0.1, 0.15) is 0 Å². The largest absolute Gasteiger partial charge is 0.393 e. The Balaban J connectivity index is 1.56. The van der Waals surface area contributed by atoms with Crippen molar-refractivity contribution in [1.82, 2.24) is 0 Å². The van der Waals surface area contributed by atoms with Gasteiger partial charge in [-0.05, 0) is 114 Å². The molecular formula is C30H50O. The third-order valence-electron chi connectivity index (χ3n) is 13.0. The van der Waals surface area contributed by atoms with Gasteiger partial charge >= 0.3 is 0 Å². The summed E-state index contributed by atoms with van der Waals surface area (Å²) in [6.07, 6.45) is 15.9. The first-order chi connectivity index (χ1) is 14.2. The Bertz CT molecular complexity index is 790. The van der Waals surface area contributed by atoms with Crippen LogP contribution in [0.3, 0.4) is 0 Å². The van der Waals surface area contributed by atoms with E-state index in [4.69, 9.17) is 0 Å². The van der Waals surface area contributed by atoms with Crippen molar-refractivity contribution in [1.29, 1.82) is 0 Å². The summed E-state index contributed by atoms with van der Waals surface area (Å²) in [5.41, 5.74) is 4.02. The van der Waals surface area contributed by atoms with Crippen LogP contribution >= 0.6 is 0 Å². The summed E-state index contributed by atoms with van der Waals surface area (Å²) in [5.74, 6) is 2.27. The lowest BCUT2D eigenvalue weighted by Crippen LogP contribution is -2.65. The van der Waals surface area contributed by atoms with Gasteiger partial charge < -0.3 is 5.11 Å². The van der Waals surface area contributed by atoms with Crippen molar-refractivity contribution >= 4 is 0 Å². The van der Waals surface area contributed by atoms with Gasteiger partial charge in [-0.25, -0.2) is 0 Å². The molecule has 0 unspecified atom stereocenters. The molecule has 0 spiro atoms. The van der Waals surface area contributed by atoms with Crippen molar-refractivity contribution in [3.8, 4) is 0 Å². The van der Waals surface area contributed by atoms with Crippen molar-refractivity contribution in [3.05, 3.63) is 11.6 Å². The molecule has 0 bridgehead atoms. The highest BCUT2D eigenvalue weighted by molar-refractivity contribution is 5.31. The standard InChI is InChI=1S/C30H50O/c1-25(2)15-16-27(5)17-18-29(7)20(21(27)19-25)9-10-23-28(6)13-12-24(31)26(3,4)22(28)11-14-30(23,29)8/h19-20,22-24,31H,9-18H2,1-8H3/t20-,22-,23+,24-,27+,28+,29-,30+/m0/s1. The quantitative estimate of drug-likeness (QED) is 0.387. The summed E-state index contributed by atoms with van der Waals surface area (Å²) in [4.78, 5) is 0. The Labute approximate surface area is 192 Å². The van der Waals surface area contributed by atoms with Crippen molar-refractivity contribution in [2.45, 2.75) is 126 Å². The van der Waals surface area contributed by atoms with Gasteiger partial charge in [0.15, 0.2) is 0 Å². The van der Waals surface area contributed by atoms with Crippen LogP contribution in [0.2, 0.25) is 0 Å². The van der Waals surface area contributed by atoms with Crippen LogP contribution in [0.1, 0.15) is 120 Å². The first-order valence-electron chi connectivity index (χ1n) is 13.6. The molecule has 31 heavy (non-hydrogen) atoms. The predicted molar refractivity (Wildman–Crippen MR) is 131 cm³/mol. The van der Waals surface area contributed by atoms with Gasteiger partial charge in [0.05, 0.1) is 6.10 Å². The molecule has 5 aliphatic carbocycles. The van der Waals surface area contributed by atoms with Gasteiger partial charge in [-0.2, -0.15) is 0 Å². The fraction of sp³-hybridized carbons (Fsp3) is 0.933. The van der Waals surface area contributed by atoms with E-state index in [1.807, 2.05) is 5.57 Å². The summed E-state index contributed by atoms with van der Waals surface area (Å²) in [5, 5.41) is 10.9. The van der Waals surface area contributed by atoms with Crippen LogP contribution < -0.4 is 0 Å². The molecule has 0 aromatic carbocycles. The summed E-state index contributed by atoms with van der Waals surface area (Å²) in [6.45, 7) is 20.4. The number of hydrogen-bond acceptors (Lipinski definition) is 1. The molecule has 5 rings (SSSR count). The lowest BCUT2D eigenvalue weighted by atomic mass is 9.32. The SMILES string of the molecule is CC1(C)C=C2[C@@H]3CC[C@@H]4[C@]5(C)CC[C@H](O)C(C)(C)[C@@H]5CC[C@@]4(C)[C@@]3(C)CC[C@@]2(C)CC1. The summed E-state index contributed by atoms with van der Waals surface area (Å²) in [6, 6.07) is 0. The van der Waals surface area contributed by atoms with Gasteiger partial charge in [-0.15, -0.1) is 0 Å². The second kappa shape index (κ2) is 6.43. The zero-order chi connectivity index (χ0) is 22.7. The molecule has 5 aliphatic rings. The van der Waals surface area contributed by atoms with Crippen molar-refractivity contribution < 1.29 is 5.11 Å². The highest BCUT2D eigenvalue weighted by Gasteiger charge is 2.68. The highest BCUT2D eigenvalue weighted by Crippen LogP contribution is 2.76. The van der Waals surface area contributed by atoms with Crippen LogP contribution in [-0.4, -0.2) is 11.2 Å². The maximum absolute atomic E-state index is 10.9. The maximum Gasteiger partial charge on any atom is 0.0594 e. The average Bonchev–Trinajstić information content (AvgIpc) is 2.67. The molecule has 0 aromatic rings. The number of aliphatic hydroxyl groups excluding tert-OH is 1. The predicted octanol–water partition coefficient (Wildman–Crippen LogP) is 8.17. The van der Waals surface area contributed by atoms with Crippen LogP contribution in [0, 0.1) is 50.2 Å². The topological polar surface area (TPSA) is 20.2 Å². The normalized spacial score (nSPS) is 55.2. The van der Waals surface area contributed by atoms with Gasteiger partial charge in [0.25, 0.3) is 0 Å². The molecular weight excluding hydrogens is 376 g/mol. The minimum atomic E-state index is -0.119. The van der Waals surface area contributed by atoms with Crippen LogP contribution in [-0.2, 0) is 0 Å². The Hall–Kier alpha value is -0.300. The summed E-state index contributed by atoms with van der Waals surface area (Å²) < 4.78 is 0. The zero-order valence-corrected chi connectivity index (χ0v) is 21.9. The molecule has 0 aromatic heterocycles. The zero-order valence-electron chi connectivity index (χ0n) is 21.9. The van der Waals surface area contributed by atoms with Crippen molar-refractivity contribution in [3.63, 3.8) is 0 Å². The van der Waals surface area contributed by atoms with E-state index in [1.165, 1.54) is 57.8 Å². The molecule has 0 radical (unpaired) electrons. The molecule has 0 amide bonds. The molecule has 4 saturated carbocycles. The Morgan fingerprint density at radius 3 is 2.06 bits per heavy atom. The van der Waals surface area contributed by atoms with Crippen molar-refractivity contribution in [2.24, 2.45) is 50.2 Å². The average molecular weight is 427 g/mol. The second-order valence-electron chi connectivity index (χ2n) is 15.1. The Morgan fingerprint density at radius 2 is 1.35 bits per heavy atom. The summed E-state index contributed by atoms with van der Waals surface area (Å²) in [7, 11) is 0. The van der Waals surface area contributed by atoms with Gasteiger partial charge in [-0.1, -0.05) is 67.0 Å². The lowest BCUT2D eigenvalue weighted by Gasteiger charge is -2.72. The molecule has 176 valence electrons. The van der Waals surface area contributed by atoms with E-state index in [0.717, 1.165) is 18.3 Å². The maximum atomic E-state index is 10.9. The Morgan fingerprint density at radius 1 is 0.677 bits per heavy atom. The number of hydrogen-bond donors (Lipinski definition) is 1. The number of fused-ring (bicyclic) bond motifs is 7. The Kier molecular flexibility index (Phi) is 4.66. The van der Waals surface area contributed by atoms with E-state index in [2.05, 4.69) is 61.5 Å². The molecule has 8 atom stereocenters. The van der Waals surface area contributed by atoms with E-state index in [-0.39, 0.29) is 11.5 Å². The van der Waals surface area contributed by atoms with Gasteiger partial charge in [0.2, 0.25) is 0 Å². The molecule has 1 nitrogen and oxygen atoms in total. The first kappa shape index (κ1) is 22.5. The first-order valence-corrected chi connectivity index (χ1v) is 13.6. The minimum Gasteiger partial charge on any atom is -0.393 e. The summed E-state index contributed by atoms with van der Waals surface area (Å²) >= 11 is 0. The van der Waals surface area contributed by atoms with E-state index >= 15 is 0 Å². The minimum absolute atomic E-state index is 0.0626. The fourth-order valence-corrected chi connectivity index (χ4v) is 10.6. The number of allylic oxidation sites excluding steroid dienone is 2. The monoisotopic (exact) mass is 426 g/mol. The fourth-order valence-electron chi connectivity index (χ4n) is 10.6. The molecule has 1 heteroatoms. The number of aliphatic hydroxyl groups is 1. The van der Waals surface area contributed by atoms with Crippen LogP contribution in [0.25, 0.3) is 0 Å². The van der Waals surface area contributed by atoms with Crippen LogP contribution in [0.4, 0.5) is 0 Å². The van der Waals surface area contributed by atoms with Crippen LogP contribution in [0.5, 0.6) is 0 Å². The van der Waals surface area contributed by atoms with E-state index < -0.39 is 0 Å². The third kappa shape index (κ3) is 2.77. The molecule has 0 saturated heterocycles. The van der Waals surface area contributed by atoms with Gasteiger partial charge in [0, 0.05) is 0 Å².